The highest BCUT2D eigenvalue weighted by atomic mass is 35.5. The van der Waals surface area contributed by atoms with Gasteiger partial charge in [-0.05, 0) is 25.1 Å². The number of hydrogen-bond acceptors (Lipinski definition) is 3. The Hall–Kier alpha value is -0.650. The average molecular weight is 294 g/mol. The van der Waals surface area contributed by atoms with Crippen molar-refractivity contribution in [2.24, 2.45) is 0 Å². The quantitative estimate of drug-likeness (QED) is 0.877. The summed E-state index contributed by atoms with van der Waals surface area (Å²) in [6, 6.07) is 4.07. The molecular weight excluding hydrogens is 277 g/mol. The van der Waals surface area contributed by atoms with Crippen LogP contribution in [0.25, 0.3) is 0 Å². The van der Waals surface area contributed by atoms with Gasteiger partial charge in [0.05, 0.1) is 5.75 Å². The maximum atomic E-state index is 13.8. The number of rotatable bonds is 6. The lowest BCUT2D eigenvalue weighted by Gasteiger charge is -2.19. The van der Waals surface area contributed by atoms with Crippen molar-refractivity contribution in [2.45, 2.75) is 19.4 Å². The third-order valence-corrected chi connectivity index (χ3v) is 3.88. The monoisotopic (exact) mass is 293 g/mol. The Labute approximate surface area is 112 Å². The Balaban J connectivity index is 2.97. The molecule has 0 aromatic heterocycles. The minimum absolute atomic E-state index is 0.00463. The fraction of sp³-hybridized carbons (Fsp3) is 0.500. The normalized spacial score (nSPS) is 13.6. The SMILES string of the molecule is CCNC(CCS(C)(=O)=O)c1c(F)cccc1Cl. The summed E-state index contributed by atoms with van der Waals surface area (Å²) in [5, 5.41) is 3.38. The van der Waals surface area contributed by atoms with Crippen LogP contribution in [0.1, 0.15) is 24.9 Å². The molecule has 6 heteroatoms. The second-order valence-electron chi connectivity index (χ2n) is 4.16. The molecule has 0 saturated carbocycles. The van der Waals surface area contributed by atoms with E-state index in [0.717, 1.165) is 0 Å². The van der Waals surface area contributed by atoms with Crippen LogP contribution >= 0.6 is 11.6 Å². The summed E-state index contributed by atoms with van der Waals surface area (Å²) >= 11 is 5.98. The lowest BCUT2D eigenvalue weighted by Crippen LogP contribution is -2.24. The summed E-state index contributed by atoms with van der Waals surface area (Å²) in [5.74, 6) is -0.419. The number of benzene rings is 1. The van der Waals surface area contributed by atoms with Crippen LogP contribution in [0.4, 0.5) is 4.39 Å². The van der Waals surface area contributed by atoms with Crippen molar-refractivity contribution in [2.75, 3.05) is 18.6 Å². The molecule has 1 atom stereocenters. The van der Waals surface area contributed by atoms with Crippen LogP contribution in [0.5, 0.6) is 0 Å². The molecule has 1 aromatic carbocycles. The van der Waals surface area contributed by atoms with Gasteiger partial charge in [0.25, 0.3) is 0 Å². The van der Waals surface area contributed by atoms with Gasteiger partial charge in [-0.1, -0.05) is 24.6 Å². The summed E-state index contributed by atoms with van der Waals surface area (Å²) in [6.07, 6.45) is 1.46. The molecule has 18 heavy (non-hydrogen) atoms. The van der Waals surface area contributed by atoms with E-state index in [-0.39, 0.29) is 5.75 Å². The third-order valence-electron chi connectivity index (χ3n) is 2.58. The molecule has 1 rings (SSSR count). The Kier molecular flexibility index (Phi) is 5.56. The first kappa shape index (κ1) is 15.4. The van der Waals surface area contributed by atoms with Gasteiger partial charge in [0.2, 0.25) is 0 Å². The first-order chi connectivity index (χ1) is 8.35. The number of sulfone groups is 1. The van der Waals surface area contributed by atoms with Crippen LogP contribution in [0.3, 0.4) is 0 Å². The van der Waals surface area contributed by atoms with Crippen molar-refractivity contribution in [1.29, 1.82) is 0 Å². The highest BCUT2D eigenvalue weighted by Crippen LogP contribution is 2.28. The van der Waals surface area contributed by atoms with Gasteiger partial charge in [-0.25, -0.2) is 12.8 Å². The molecule has 3 nitrogen and oxygen atoms in total. The second-order valence-corrected chi connectivity index (χ2v) is 6.83. The predicted molar refractivity (Wildman–Crippen MR) is 72.2 cm³/mol. The lowest BCUT2D eigenvalue weighted by atomic mass is 10.0. The molecule has 0 aliphatic heterocycles. The van der Waals surface area contributed by atoms with E-state index >= 15 is 0 Å². The zero-order valence-electron chi connectivity index (χ0n) is 10.4. The Morgan fingerprint density at radius 3 is 2.61 bits per heavy atom. The molecule has 0 aliphatic rings. The average Bonchev–Trinajstić information content (AvgIpc) is 2.24. The molecule has 0 saturated heterocycles. The van der Waals surface area contributed by atoms with Crippen molar-refractivity contribution in [3.05, 3.63) is 34.6 Å². The topological polar surface area (TPSA) is 46.2 Å². The number of halogens is 2. The highest BCUT2D eigenvalue weighted by Gasteiger charge is 2.19. The van der Waals surface area contributed by atoms with Crippen molar-refractivity contribution >= 4 is 21.4 Å². The maximum Gasteiger partial charge on any atom is 0.147 e. The first-order valence-electron chi connectivity index (χ1n) is 5.70. The van der Waals surface area contributed by atoms with E-state index in [1.807, 2.05) is 6.92 Å². The fourth-order valence-corrected chi connectivity index (χ4v) is 2.73. The molecular formula is C12H17ClFNO2S. The fourth-order valence-electron chi connectivity index (χ4n) is 1.77. The van der Waals surface area contributed by atoms with Gasteiger partial charge in [-0.2, -0.15) is 0 Å². The molecule has 0 bridgehead atoms. The van der Waals surface area contributed by atoms with E-state index in [9.17, 15) is 12.8 Å². The molecule has 1 aromatic rings. The third kappa shape index (κ3) is 4.55. The molecule has 0 fully saturated rings. The van der Waals surface area contributed by atoms with E-state index in [1.165, 1.54) is 18.4 Å². The zero-order chi connectivity index (χ0) is 13.8. The van der Waals surface area contributed by atoms with E-state index in [1.54, 1.807) is 6.07 Å². The van der Waals surface area contributed by atoms with Gasteiger partial charge in [0, 0.05) is 22.9 Å². The molecule has 0 amide bonds. The molecule has 0 aliphatic carbocycles. The van der Waals surface area contributed by atoms with Crippen molar-refractivity contribution in [1.82, 2.24) is 5.32 Å². The number of nitrogens with one attached hydrogen (secondary N) is 1. The predicted octanol–water partition coefficient (Wildman–Crippen LogP) is 2.56. The summed E-state index contributed by atoms with van der Waals surface area (Å²) < 4.78 is 36.1. The zero-order valence-corrected chi connectivity index (χ0v) is 12.0. The highest BCUT2D eigenvalue weighted by molar-refractivity contribution is 7.90. The molecule has 0 spiro atoms. The van der Waals surface area contributed by atoms with Gasteiger partial charge >= 0.3 is 0 Å². The van der Waals surface area contributed by atoms with Crippen LogP contribution in [0, 0.1) is 5.82 Å². The van der Waals surface area contributed by atoms with Crippen molar-refractivity contribution < 1.29 is 12.8 Å². The summed E-state index contributed by atoms with van der Waals surface area (Å²) in [5.41, 5.74) is 0.338. The van der Waals surface area contributed by atoms with E-state index in [0.29, 0.717) is 23.6 Å². The van der Waals surface area contributed by atoms with Gasteiger partial charge in [-0.15, -0.1) is 0 Å². The Bertz CT molecular complexity index is 485. The van der Waals surface area contributed by atoms with Crippen LogP contribution in [-0.4, -0.2) is 27.0 Å². The largest absolute Gasteiger partial charge is 0.310 e. The minimum atomic E-state index is -3.08. The Morgan fingerprint density at radius 2 is 2.11 bits per heavy atom. The summed E-state index contributed by atoms with van der Waals surface area (Å²) in [7, 11) is -3.08. The van der Waals surface area contributed by atoms with Gasteiger partial charge in [0.1, 0.15) is 15.7 Å². The van der Waals surface area contributed by atoms with Crippen LogP contribution < -0.4 is 5.32 Å². The molecule has 0 radical (unpaired) electrons. The Morgan fingerprint density at radius 1 is 1.44 bits per heavy atom. The van der Waals surface area contributed by atoms with Gasteiger partial charge < -0.3 is 5.32 Å². The van der Waals surface area contributed by atoms with E-state index in [4.69, 9.17) is 11.6 Å². The minimum Gasteiger partial charge on any atom is -0.310 e. The smallest absolute Gasteiger partial charge is 0.147 e. The van der Waals surface area contributed by atoms with E-state index in [2.05, 4.69) is 5.32 Å². The van der Waals surface area contributed by atoms with Gasteiger partial charge in [-0.3, -0.25) is 0 Å². The van der Waals surface area contributed by atoms with Gasteiger partial charge in [0.15, 0.2) is 0 Å². The second kappa shape index (κ2) is 6.50. The molecule has 102 valence electrons. The van der Waals surface area contributed by atoms with E-state index < -0.39 is 21.7 Å². The molecule has 1 N–H and O–H groups in total. The van der Waals surface area contributed by atoms with Crippen LogP contribution in [0.15, 0.2) is 18.2 Å². The number of hydrogen-bond donors (Lipinski definition) is 1. The van der Waals surface area contributed by atoms with Crippen LogP contribution in [-0.2, 0) is 9.84 Å². The lowest BCUT2D eigenvalue weighted by molar-refractivity contribution is 0.498. The van der Waals surface area contributed by atoms with Crippen LogP contribution in [0.2, 0.25) is 5.02 Å². The molecule has 1 unspecified atom stereocenters. The summed E-state index contributed by atoms with van der Waals surface area (Å²) in [4.78, 5) is 0. The maximum absolute atomic E-state index is 13.8. The first-order valence-corrected chi connectivity index (χ1v) is 8.14. The molecule has 0 heterocycles. The standard InChI is InChI=1S/C12H17ClFNO2S/c1-3-15-11(7-8-18(2,16)17)12-9(13)5-4-6-10(12)14/h4-6,11,15H,3,7-8H2,1-2H3. The van der Waals surface area contributed by atoms with Crippen molar-refractivity contribution in [3.63, 3.8) is 0 Å². The van der Waals surface area contributed by atoms with Crippen molar-refractivity contribution in [3.8, 4) is 0 Å². The summed E-state index contributed by atoms with van der Waals surface area (Å²) in [6.45, 7) is 2.49.